The molecule has 0 atom stereocenters. The lowest BCUT2D eigenvalue weighted by molar-refractivity contribution is -0.136. The standard InChI is InChI=1S/C18H14N2O3S/c21-16(19-13-5-3-4-12(10-13)11-18(22)23)8-9-17-20-14-6-1-2-7-15(14)24-17/h1-10H,11H2,(H,19,21)(H,22,23). The number of hydrogen-bond donors (Lipinski definition) is 2. The van der Waals surface area contributed by atoms with Crippen molar-refractivity contribution in [3.63, 3.8) is 0 Å². The van der Waals surface area contributed by atoms with Crippen LogP contribution in [0.2, 0.25) is 0 Å². The zero-order chi connectivity index (χ0) is 16.9. The molecule has 2 N–H and O–H groups in total. The molecule has 0 aliphatic heterocycles. The molecule has 0 aliphatic rings. The van der Waals surface area contributed by atoms with Crippen molar-refractivity contribution in [2.24, 2.45) is 0 Å². The number of carbonyl (C=O) groups excluding carboxylic acids is 1. The first-order valence-electron chi connectivity index (χ1n) is 7.25. The number of benzene rings is 2. The Morgan fingerprint density at radius 1 is 1.17 bits per heavy atom. The van der Waals surface area contributed by atoms with E-state index in [0.29, 0.717) is 11.3 Å². The lowest BCUT2D eigenvalue weighted by Crippen LogP contribution is -2.08. The smallest absolute Gasteiger partial charge is 0.307 e. The third kappa shape index (κ3) is 4.05. The molecule has 1 heterocycles. The van der Waals surface area contributed by atoms with Crippen molar-refractivity contribution in [2.45, 2.75) is 6.42 Å². The Kier molecular flexibility index (Phi) is 4.67. The number of rotatable bonds is 5. The van der Waals surface area contributed by atoms with Gasteiger partial charge in [0.1, 0.15) is 5.01 Å². The van der Waals surface area contributed by atoms with Gasteiger partial charge in [0.15, 0.2) is 0 Å². The quantitative estimate of drug-likeness (QED) is 0.697. The van der Waals surface area contributed by atoms with Crippen molar-refractivity contribution in [1.29, 1.82) is 0 Å². The van der Waals surface area contributed by atoms with Gasteiger partial charge in [-0.1, -0.05) is 24.3 Å². The first-order valence-corrected chi connectivity index (χ1v) is 8.07. The summed E-state index contributed by atoms with van der Waals surface area (Å²) in [6, 6.07) is 14.6. The van der Waals surface area contributed by atoms with E-state index in [4.69, 9.17) is 5.11 Å². The molecule has 2 aromatic carbocycles. The Morgan fingerprint density at radius 3 is 2.79 bits per heavy atom. The van der Waals surface area contributed by atoms with Gasteiger partial charge < -0.3 is 10.4 Å². The van der Waals surface area contributed by atoms with E-state index in [0.717, 1.165) is 15.2 Å². The molecule has 0 fully saturated rings. The Hall–Kier alpha value is -2.99. The first kappa shape index (κ1) is 15.9. The third-order valence-corrected chi connectivity index (χ3v) is 4.24. The van der Waals surface area contributed by atoms with Gasteiger partial charge in [-0.3, -0.25) is 9.59 Å². The van der Waals surface area contributed by atoms with Gasteiger partial charge in [0, 0.05) is 11.8 Å². The Balaban J connectivity index is 1.67. The fourth-order valence-electron chi connectivity index (χ4n) is 2.23. The van der Waals surface area contributed by atoms with Crippen molar-refractivity contribution < 1.29 is 14.7 Å². The molecule has 0 saturated carbocycles. The highest BCUT2D eigenvalue weighted by molar-refractivity contribution is 7.19. The van der Waals surface area contributed by atoms with Gasteiger partial charge in [0.05, 0.1) is 16.6 Å². The van der Waals surface area contributed by atoms with Crippen LogP contribution in [0.25, 0.3) is 16.3 Å². The summed E-state index contributed by atoms with van der Waals surface area (Å²) in [5.41, 5.74) is 2.10. The normalized spacial score (nSPS) is 11.0. The van der Waals surface area contributed by atoms with E-state index in [-0.39, 0.29) is 12.3 Å². The van der Waals surface area contributed by atoms with Crippen LogP contribution in [0, 0.1) is 0 Å². The molecule has 0 spiro atoms. The van der Waals surface area contributed by atoms with E-state index < -0.39 is 5.97 Å². The number of aliphatic carboxylic acids is 1. The molecule has 24 heavy (non-hydrogen) atoms. The highest BCUT2D eigenvalue weighted by Crippen LogP contribution is 2.22. The number of nitrogens with zero attached hydrogens (tertiary/aromatic N) is 1. The molecule has 120 valence electrons. The van der Waals surface area contributed by atoms with Crippen LogP contribution in [-0.2, 0) is 16.0 Å². The number of carboxylic acid groups (broad SMARTS) is 1. The number of nitrogens with one attached hydrogen (secondary N) is 1. The number of carboxylic acids is 1. The second kappa shape index (κ2) is 7.06. The maximum atomic E-state index is 12.0. The third-order valence-electron chi connectivity index (χ3n) is 3.24. The Morgan fingerprint density at radius 2 is 2.00 bits per heavy atom. The van der Waals surface area contributed by atoms with Crippen molar-refractivity contribution in [2.75, 3.05) is 5.32 Å². The van der Waals surface area contributed by atoms with E-state index in [1.165, 1.54) is 17.4 Å². The van der Waals surface area contributed by atoms with Crippen LogP contribution in [0.3, 0.4) is 0 Å². The van der Waals surface area contributed by atoms with Crippen molar-refractivity contribution in [3.05, 3.63) is 65.2 Å². The minimum atomic E-state index is -0.908. The van der Waals surface area contributed by atoms with Gasteiger partial charge in [0.2, 0.25) is 5.91 Å². The molecular formula is C18H14N2O3S. The summed E-state index contributed by atoms with van der Waals surface area (Å²) in [6.45, 7) is 0. The SMILES string of the molecule is O=C(O)Cc1cccc(NC(=O)C=Cc2nc3ccccc3s2)c1. The average Bonchev–Trinajstić information content (AvgIpc) is 2.95. The van der Waals surface area contributed by atoms with Crippen molar-refractivity contribution in [3.8, 4) is 0 Å². The maximum absolute atomic E-state index is 12.0. The predicted octanol–water partition coefficient (Wildman–Crippen LogP) is 3.58. The largest absolute Gasteiger partial charge is 0.481 e. The number of anilines is 1. The number of thiazole rings is 1. The van der Waals surface area contributed by atoms with Crippen LogP contribution in [0.4, 0.5) is 5.69 Å². The number of aromatic nitrogens is 1. The molecule has 3 rings (SSSR count). The van der Waals surface area contributed by atoms with Gasteiger partial charge in [0.25, 0.3) is 0 Å². The second-order valence-corrected chi connectivity index (χ2v) is 6.18. The van der Waals surface area contributed by atoms with E-state index in [1.807, 2.05) is 24.3 Å². The van der Waals surface area contributed by atoms with Gasteiger partial charge in [-0.2, -0.15) is 0 Å². The summed E-state index contributed by atoms with van der Waals surface area (Å²) in [5, 5.41) is 12.3. The highest BCUT2D eigenvalue weighted by Gasteiger charge is 2.04. The summed E-state index contributed by atoms with van der Waals surface area (Å²) in [6.07, 6.45) is 3.01. The summed E-state index contributed by atoms with van der Waals surface area (Å²) < 4.78 is 1.07. The van der Waals surface area contributed by atoms with Gasteiger partial charge >= 0.3 is 5.97 Å². The van der Waals surface area contributed by atoms with E-state index in [9.17, 15) is 9.59 Å². The molecule has 0 unspecified atom stereocenters. The van der Waals surface area contributed by atoms with Crippen LogP contribution in [0.5, 0.6) is 0 Å². The molecular weight excluding hydrogens is 324 g/mol. The molecule has 0 radical (unpaired) electrons. The Bertz CT molecular complexity index is 898. The molecule has 6 heteroatoms. The van der Waals surface area contributed by atoms with Crippen LogP contribution >= 0.6 is 11.3 Å². The van der Waals surface area contributed by atoms with E-state index in [2.05, 4.69) is 10.3 Å². The van der Waals surface area contributed by atoms with E-state index >= 15 is 0 Å². The van der Waals surface area contributed by atoms with Gasteiger partial charge in [-0.25, -0.2) is 4.98 Å². The number of amides is 1. The zero-order valence-corrected chi connectivity index (χ0v) is 13.4. The average molecular weight is 338 g/mol. The summed E-state index contributed by atoms with van der Waals surface area (Å²) >= 11 is 1.51. The summed E-state index contributed by atoms with van der Waals surface area (Å²) in [4.78, 5) is 27.2. The van der Waals surface area contributed by atoms with Crippen LogP contribution in [0.1, 0.15) is 10.6 Å². The lowest BCUT2D eigenvalue weighted by Gasteiger charge is -2.04. The van der Waals surface area contributed by atoms with Crippen molar-refractivity contribution in [1.82, 2.24) is 4.98 Å². The molecule has 0 aliphatic carbocycles. The molecule has 3 aromatic rings. The number of para-hydroxylation sites is 1. The summed E-state index contributed by atoms with van der Waals surface area (Å²) in [5.74, 6) is -1.20. The molecule has 0 saturated heterocycles. The topological polar surface area (TPSA) is 79.3 Å². The fraction of sp³-hybridized carbons (Fsp3) is 0.0556. The molecule has 5 nitrogen and oxygen atoms in total. The number of fused-ring (bicyclic) bond motifs is 1. The monoisotopic (exact) mass is 338 g/mol. The second-order valence-electron chi connectivity index (χ2n) is 5.11. The van der Waals surface area contributed by atoms with Crippen LogP contribution < -0.4 is 5.32 Å². The predicted molar refractivity (Wildman–Crippen MR) is 95.1 cm³/mol. The lowest BCUT2D eigenvalue weighted by atomic mass is 10.1. The highest BCUT2D eigenvalue weighted by atomic mass is 32.1. The zero-order valence-electron chi connectivity index (χ0n) is 12.6. The number of carbonyl (C=O) groups is 2. The first-order chi connectivity index (χ1) is 11.6. The molecule has 1 amide bonds. The molecule has 0 bridgehead atoms. The minimum absolute atomic E-state index is 0.0781. The minimum Gasteiger partial charge on any atom is -0.481 e. The maximum Gasteiger partial charge on any atom is 0.307 e. The Labute approximate surface area is 142 Å². The molecule has 1 aromatic heterocycles. The fourth-order valence-corrected chi connectivity index (χ4v) is 3.10. The summed E-state index contributed by atoms with van der Waals surface area (Å²) in [7, 11) is 0. The van der Waals surface area contributed by atoms with Crippen LogP contribution in [-0.4, -0.2) is 22.0 Å². The number of hydrogen-bond acceptors (Lipinski definition) is 4. The van der Waals surface area contributed by atoms with Gasteiger partial charge in [-0.15, -0.1) is 11.3 Å². The van der Waals surface area contributed by atoms with Crippen LogP contribution in [0.15, 0.2) is 54.6 Å². The van der Waals surface area contributed by atoms with Crippen molar-refractivity contribution >= 4 is 45.2 Å². The van der Waals surface area contributed by atoms with E-state index in [1.54, 1.807) is 30.3 Å². The van der Waals surface area contributed by atoms with Gasteiger partial charge in [-0.05, 0) is 35.9 Å².